The molecule has 2 heterocycles. The van der Waals surface area contributed by atoms with Crippen LogP contribution < -0.4 is 4.90 Å². The van der Waals surface area contributed by atoms with Gasteiger partial charge in [-0.2, -0.15) is 0 Å². The number of benzene rings is 2. The monoisotopic (exact) mass is 416 g/mol. The number of fused-ring (bicyclic) bond motifs is 1. The third-order valence-corrected chi connectivity index (χ3v) is 7.20. The standard InChI is InChI=1S/C22H24N2O2S.ClH/c1-16-7-9-18(10-8-16)27(25,26)21-15-23-20-6-4-3-5-19(20)22(21)24-13-11-17(2)12-14-24;/h3-10,15,17H,11-14H2,1-2H3;1H. The van der Waals surface area contributed by atoms with Gasteiger partial charge in [0.05, 0.1) is 16.1 Å². The van der Waals surface area contributed by atoms with E-state index < -0.39 is 9.84 Å². The lowest BCUT2D eigenvalue weighted by Gasteiger charge is -2.34. The number of aromatic nitrogens is 1. The maximum absolute atomic E-state index is 13.4. The number of pyridine rings is 1. The first kappa shape index (κ1) is 20.6. The molecule has 1 fully saturated rings. The van der Waals surface area contributed by atoms with E-state index in [1.807, 2.05) is 43.3 Å². The normalized spacial score (nSPS) is 15.4. The molecule has 0 aliphatic carbocycles. The average Bonchev–Trinajstić information content (AvgIpc) is 2.68. The topological polar surface area (TPSA) is 50.3 Å². The van der Waals surface area contributed by atoms with E-state index in [0.29, 0.717) is 15.7 Å². The van der Waals surface area contributed by atoms with Crippen LogP contribution in [0.5, 0.6) is 0 Å². The summed E-state index contributed by atoms with van der Waals surface area (Å²) in [4.78, 5) is 7.30. The molecule has 1 aromatic heterocycles. The summed E-state index contributed by atoms with van der Waals surface area (Å²) in [6.45, 7) is 5.94. The largest absolute Gasteiger partial charge is 0.370 e. The van der Waals surface area contributed by atoms with Crippen LogP contribution in [-0.2, 0) is 9.84 Å². The maximum atomic E-state index is 13.4. The molecule has 28 heavy (non-hydrogen) atoms. The van der Waals surface area contributed by atoms with Crippen molar-refractivity contribution in [1.29, 1.82) is 0 Å². The number of rotatable bonds is 3. The molecule has 2 aromatic carbocycles. The van der Waals surface area contributed by atoms with Crippen LogP contribution in [0.3, 0.4) is 0 Å². The molecule has 0 saturated carbocycles. The second-order valence-corrected chi connectivity index (χ2v) is 9.39. The lowest BCUT2D eigenvalue weighted by atomic mass is 9.98. The highest BCUT2D eigenvalue weighted by atomic mass is 35.5. The lowest BCUT2D eigenvalue weighted by Crippen LogP contribution is -2.34. The van der Waals surface area contributed by atoms with Crippen molar-refractivity contribution in [2.45, 2.75) is 36.5 Å². The summed E-state index contributed by atoms with van der Waals surface area (Å²) in [5.41, 5.74) is 2.66. The number of hydrogen-bond acceptors (Lipinski definition) is 4. The van der Waals surface area contributed by atoms with Gasteiger partial charge in [0.15, 0.2) is 0 Å². The molecule has 4 rings (SSSR count). The minimum atomic E-state index is -3.64. The zero-order valence-corrected chi connectivity index (χ0v) is 17.8. The van der Waals surface area contributed by atoms with E-state index in [0.717, 1.165) is 48.1 Å². The third kappa shape index (κ3) is 3.74. The summed E-state index contributed by atoms with van der Waals surface area (Å²) < 4.78 is 26.9. The van der Waals surface area contributed by atoms with Crippen molar-refractivity contribution >= 4 is 38.8 Å². The van der Waals surface area contributed by atoms with Gasteiger partial charge in [-0.25, -0.2) is 8.42 Å². The Labute approximate surface area is 172 Å². The van der Waals surface area contributed by atoms with Crippen LogP contribution in [0, 0.1) is 12.8 Å². The van der Waals surface area contributed by atoms with E-state index in [4.69, 9.17) is 0 Å². The molecule has 3 aromatic rings. The fourth-order valence-corrected chi connectivity index (χ4v) is 5.14. The molecule has 1 aliphatic heterocycles. The van der Waals surface area contributed by atoms with Crippen LogP contribution in [-0.4, -0.2) is 26.5 Å². The van der Waals surface area contributed by atoms with Gasteiger partial charge in [-0.1, -0.05) is 42.8 Å². The molecule has 0 amide bonds. The van der Waals surface area contributed by atoms with Crippen LogP contribution in [0.1, 0.15) is 25.3 Å². The second-order valence-electron chi connectivity index (χ2n) is 7.47. The molecule has 4 nitrogen and oxygen atoms in total. The van der Waals surface area contributed by atoms with E-state index in [2.05, 4.69) is 16.8 Å². The minimum absolute atomic E-state index is 0. The molecular formula is C22H25ClN2O2S. The average molecular weight is 417 g/mol. The summed E-state index contributed by atoms with van der Waals surface area (Å²) in [6, 6.07) is 14.8. The Balaban J connectivity index is 0.00000225. The molecule has 0 N–H and O–H groups in total. The van der Waals surface area contributed by atoms with Crippen LogP contribution >= 0.6 is 12.4 Å². The molecule has 0 spiro atoms. The van der Waals surface area contributed by atoms with Gasteiger partial charge in [-0.15, -0.1) is 12.4 Å². The van der Waals surface area contributed by atoms with Gasteiger partial charge < -0.3 is 4.90 Å². The van der Waals surface area contributed by atoms with Crippen molar-refractivity contribution in [2.24, 2.45) is 5.92 Å². The third-order valence-electron chi connectivity index (χ3n) is 5.43. The van der Waals surface area contributed by atoms with Crippen molar-refractivity contribution in [1.82, 2.24) is 4.98 Å². The van der Waals surface area contributed by atoms with Crippen LogP contribution in [0.2, 0.25) is 0 Å². The summed E-state index contributed by atoms with van der Waals surface area (Å²) >= 11 is 0. The van der Waals surface area contributed by atoms with Crippen molar-refractivity contribution in [2.75, 3.05) is 18.0 Å². The van der Waals surface area contributed by atoms with Crippen molar-refractivity contribution < 1.29 is 8.42 Å². The maximum Gasteiger partial charge on any atom is 0.210 e. The molecule has 6 heteroatoms. The molecule has 0 unspecified atom stereocenters. The van der Waals surface area contributed by atoms with Gasteiger partial charge in [0.1, 0.15) is 4.90 Å². The summed E-state index contributed by atoms with van der Waals surface area (Å²) in [6.07, 6.45) is 3.67. The van der Waals surface area contributed by atoms with E-state index in [-0.39, 0.29) is 12.4 Å². The van der Waals surface area contributed by atoms with Crippen LogP contribution in [0.15, 0.2) is 64.5 Å². The fraction of sp³-hybridized carbons (Fsp3) is 0.318. The first-order valence-corrected chi connectivity index (χ1v) is 10.9. The fourth-order valence-electron chi connectivity index (χ4n) is 3.71. The van der Waals surface area contributed by atoms with E-state index in [9.17, 15) is 8.42 Å². The predicted molar refractivity (Wildman–Crippen MR) is 116 cm³/mol. The summed E-state index contributed by atoms with van der Waals surface area (Å²) in [7, 11) is -3.64. The minimum Gasteiger partial charge on any atom is -0.370 e. The molecule has 0 atom stereocenters. The molecule has 1 saturated heterocycles. The number of nitrogens with zero attached hydrogens (tertiary/aromatic N) is 2. The highest BCUT2D eigenvalue weighted by Gasteiger charge is 2.28. The van der Waals surface area contributed by atoms with Gasteiger partial charge in [-0.3, -0.25) is 4.98 Å². The molecule has 1 aliphatic rings. The Morgan fingerprint density at radius 3 is 2.32 bits per heavy atom. The zero-order chi connectivity index (χ0) is 19.0. The predicted octanol–water partition coefficient (Wildman–Crippen LogP) is 5.03. The quantitative estimate of drug-likeness (QED) is 0.600. The highest BCUT2D eigenvalue weighted by Crippen LogP contribution is 2.37. The summed E-state index contributed by atoms with van der Waals surface area (Å²) in [5, 5.41) is 0.903. The van der Waals surface area contributed by atoms with Crippen molar-refractivity contribution in [3.05, 3.63) is 60.3 Å². The molecule has 148 valence electrons. The Bertz CT molecular complexity index is 1070. The zero-order valence-electron chi connectivity index (χ0n) is 16.1. The van der Waals surface area contributed by atoms with Gasteiger partial charge >= 0.3 is 0 Å². The van der Waals surface area contributed by atoms with E-state index in [1.54, 1.807) is 12.1 Å². The number of sulfone groups is 1. The van der Waals surface area contributed by atoms with Gasteiger partial charge in [-0.05, 0) is 43.9 Å². The van der Waals surface area contributed by atoms with Crippen LogP contribution in [0.25, 0.3) is 10.9 Å². The SMILES string of the molecule is Cc1ccc(S(=O)(=O)c2cnc3ccccc3c2N2CCC(C)CC2)cc1.Cl. The van der Waals surface area contributed by atoms with Crippen molar-refractivity contribution in [3.63, 3.8) is 0 Å². The smallest absolute Gasteiger partial charge is 0.210 e. The highest BCUT2D eigenvalue weighted by molar-refractivity contribution is 7.91. The van der Waals surface area contributed by atoms with Gasteiger partial charge in [0.2, 0.25) is 9.84 Å². The Morgan fingerprint density at radius 1 is 1.00 bits per heavy atom. The first-order chi connectivity index (χ1) is 13.0. The molecule has 0 radical (unpaired) electrons. The second kappa shape index (κ2) is 8.10. The van der Waals surface area contributed by atoms with Gasteiger partial charge in [0.25, 0.3) is 0 Å². The summed E-state index contributed by atoms with van der Waals surface area (Å²) in [5.74, 6) is 0.673. The molecular weight excluding hydrogens is 392 g/mol. The number of hydrogen-bond donors (Lipinski definition) is 0. The number of halogens is 1. The Morgan fingerprint density at radius 2 is 1.64 bits per heavy atom. The number of para-hydroxylation sites is 1. The van der Waals surface area contributed by atoms with E-state index in [1.165, 1.54) is 6.20 Å². The number of piperidine rings is 1. The van der Waals surface area contributed by atoms with Crippen LogP contribution in [0.4, 0.5) is 5.69 Å². The Hall–Kier alpha value is -2.11. The van der Waals surface area contributed by atoms with Crippen molar-refractivity contribution in [3.8, 4) is 0 Å². The number of aryl methyl sites for hydroxylation is 1. The Kier molecular flexibility index (Phi) is 5.96. The van der Waals surface area contributed by atoms with E-state index >= 15 is 0 Å². The van der Waals surface area contributed by atoms with Gasteiger partial charge in [0, 0.05) is 24.7 Å². The first-order valence-electron chi connectivity index (χ1n) is 9.41. The molecule has 0 bridgehead atoms. The number of anilines is 1. The lowest BCUT2D eigenvalue weighted by molar-refractivity contribution is 0.437.